The molecule has 9 heteroatoms. The Morgan fingerprint density at radius 1 is 1.00 bits per heavy atom. The Hall–Kier alpha value is -3.52. The summed E-state index contributed by atoms with van der Waals surface area (Å²) in [5.41, 5.74) is 0.107. The maximum Gasteiger partial charge on any atom is 0.280 e. The first-order valence-corrected chi connectivity index (χ1v) is 8.82. The van der Waals surface area contributed by atoms with E-state index in [2.05, 4.69) is 10.4 Å². The second-order valence-electron chi connectivity index (χ2n) is 5.81. The van der Waals surface area contributed by atoms with Crippen molar-refractivity contribution in [2.75, 3.05) is 26.6 Å². The first-order chi connectivity index (χ1) is 14.0. The number of benzene rings is 2. The topological polar surface area (TPSA) is 91.7 Å². The number of hydrogen-bond acceptors (Lipinski definition) is 6. The summed E-state index contributed by atoms with van der Waals surface area (Å²) in [6, 6.07) is 12.8. The third kappa shape index (κ3) is 4.33. The van der Waals surface area contributed by atoms with Crippen LogP contribution in [0.4, 0.5) is 5.69 Å². The number of ether oxygens (including phenoxy) is 3. The Morgan fingerprint density at radius 2 is 1.72 bits per heavy atom. The zero-order chi connectivity index (χ0) is 21.0. The molecule has 0 spiro atoms. The summed E-state index contributed by atoms with van der Waals surface area (Å²) in [5, 5.41) is 7.12. The molecule has 0 bridgehead atoms. The van der Waals surface area contributed by atoms with Crippen LogP contribution in [0.25, 0.3) is 5.69 Å². The van der Waals surface area contributed by atoms with Crippen LogP contribution in [0, 0.1) is 0 Å². The SMILES string of the molecule is COc1ccc(-n2nc(C(=O)Nc3ccc(OC)c(Cl)c3)c(=O)cc2OC)cc1. The molecular weight excluding hydrogens is 398 g/mol. The molecule has 3 aromatic rings. The molecular formula is C20H18ClN3O5. The van der Waals surface area contributed by atoms with Crippen molar-refractivity contribution >= 4 is 23.2 Å². The van der Waals surface area contributed by atoms with Crippen LogP contribution in [0.15, 0.2) is 53.3 Å². The molecule has 1 N–H and O–H groups in total. The van der Waals surface area contributed by atoms with E-state index >= 15 is 0 Å². The minimum atomic E-state index is -0.679. The van der Waals surface area contributed by atoms with Gasteiger partial charge in [0, 0.05) is 5.69 Å². The van der Waals surface area contributed by atoms with Crippen molar-refractivity contribution in [1.82, 2.24) is 9.78 Å². The lowest BCUT2D eigenvalue weighted by atomic mass is 10.2. The van der Waals surface area contributed by atoms with Crippen LogP contribution >= 0.6 is 11.6 Å². The number of halogens is 1. The number of anilines is 1. The minimum Gasteiger partial charge on any atom is -0.497 e. The van der Waals surface area contributed by atoms with E-state index in [-0.39, 0.29) is 11.6 Å². The Balaban J connectivity index is 1.97. The summed E-state index contributed by atoms with van der Waals surface area (Å²) >= 11 is 6.08. The fourth-order valence-electron chi connectivity index (χ4n) is 2.59. The van der Waals surface area contributed by atoms with Crippen LogP contribution in [-0.4, -0.2) is 37.0 Å². The van der Waals surface area contributed by atoms with Gasteiger partial charge >= 0.3 is 0 Å². The van der Waals surface area contributed by atoms with Crippen molar-refractivity contribution in [3.63, 3.8) is 0 Å². The summed E-state index contributed by atoms with van der Waals surface area (Å²) in [7, 11) is 4.46. The van der Waals surface area contributed by atoms with E-state index in [0.29, 0.717) is 27.9 Å². The molecule has 29 heavy (non-hydrogen) atoms. The molecule has 0 unspecified atom stereocenters. The lowest BCUT2D eigenvalue weighted by Gasteiger charge is -2.13. The van der Waals surface area contributed by atoms with E-state index in [1.807, 2.05) is 0 Å². The third-order valence-electron chi connectivity index (χ3n) is 4.05. The van der Waals surface area contributed by atoms with Gasteiger partial charge in [0.1, 0.15) is 11.5 Å². The van der Waals surface area contributed by atoms with E-state index in [4.69, 9.17) is 25.8 Å². The number of nitrogens with zero attached hydrogens (tertiary/aromatic N) is 2. The zero-order valence-electron chi connectivity index (χ0n) is 15.9. The molecule has 0 aliphatic heterocycles. The molecule has 0 radical (unpaired) electrons. The minimum absolute atomic E-state index is 0.184. The molecule has 1 heterocycles. The highest BCUT2D eigenvalue weighted by molar-refractivity contribution is 6.32. The largest absolute Gasteiger partial charge is 0.497 e. The van der Waals surface area contributed by atoms with Crippen LogP contribution in [0.1, 0.15) is 10.5 Å². The molecule has 0 atom stereocenters. The van der Waals surface area contributed by atoms with Gasteiger partial charge in [-0.2, -0.15) is 5.10 Å². The first kappa shape index (κ1) is 20.2. The number of carbonyl (C=O) groups excluding carboxylic acids is 1. The van der Waals surface area contributed by atoms with Gasteiger partial charge in [0.15, 0.2) is 5.69 Å². The maximum atomic E-state index is 12.7. The van der Waals surface area contributed by atoms with Gasteiger partial charge in [0.25, 0.3) is 5.91 Å². The van der Waals surface area contributed by atoms with E-state index < -0.39 is 11.3 Å². The Kier molecular flexibility index (Phi) is 6.04. The lowest BCUT2D eigenvalue weighted by Crippen LogP contribution is -2.26. The lowest BCUT2D eigenvalue weighted by molar-refractivity contribution is 0.101. The van der Waals surface area contributed by atoms with Gasteiger partial charge in [-0.25, -0.2) is 4.68 Å². The summed E-state index contributed by atoms with van der Waals surface area (Å²) in [6.07, 6.45) is 0. The molecule has 0 aliphatic rings. The monoisotopic (exact) mass is 415 g/mol. The molecule has 1 amide bonds. The van der Waals surface area contributed by atoms with Crippen molar-refractivity contribution in [3.8, 4) is 23.1 Å². The molecule has 150 valence electrons. The number of aromatic nitrogens is 2. The predicted molar refractivity (Wildman–Crippen MR) is 109 cm³/mol. The van der Waals surface area contributed by atoms with Crippen molar-refractivity contribution in [2.24, 2.45) is 0 Å². The summed E-state index contributed by atoms with van der Waals surface area (Å²) in [4.78, 5) is 25.1. The second-order valence-corrected chi connectivity index (χ2v) is 6.22. The quantitative estimate of drug-likeness (QED) is 0.664. The molecule has 0 fully saturated rings. The molecule has 8 nitrogen and oxygen atoms in total. The number of rotatable bonds is 6. The van der Waals surface area contributed by atoms with Gasteiger partial charge in [-0.1, -0.05) is 11.6 Å². The fraction of sp³-hybridized carbons (Fsp3) is 0.150. The summed E-state index contributed by atoms with van der Waals surface area (Å²) in [6.45, 7) is 0. The van der Waals surface area contributed by atoms with Crippen molar-refractivity contribution in [3.05, 3.63) is 69.5 Å². The van der Waals surface area contributed by atoms with Gasteiger partial charge in [-0.15, -0.1) is 0 Å². The Labute approximate surface area is 171 Å². The Morgan fingerprint density at radius 3 is 2.31 bits per heavy atom. The van der Waals surface area contributed by atoms with Crippen molar-refractivity contribution < 1.29 is 19.0 Å². The van der Waals surface area contributed by atoms with Crippen molar-refractivity contribution in [1.29, 1.82) is 0 Å². The first-order valence-electron chi connectivity index (χ1n) is 8.44. The normalized spacial score (nSPS) is 10.3. The van der Waals surface area contributed by atoms with E-state index in [1.165, 1.54) is 31.0 Å². The summed E-state index contributed by atoms with van der Waals surface area (Å²) in [5.74, 6) is 0.627. The Bertz CT molecular complexity index is 1100. The van der Waals surface area contributed by atoms with Gasteiger partial charge in [0.05, 0.1) is 38.1 Å². The average Bonchev–Trinajstić information content (AvgIpc) is 2.73. The zero-order valence-corrected chi connectivity index (χ0v) is 16.7. The standard InChI is InChI=1S/C20H18ClN3O5/c1-27-14-7-5-13(6-8-14)24-18(29-3)11-16(25)19(23-24)20(26)22-12-4-9-17(28-2)15(21)10-12/h4-11H,1-3H3,(H,22,26). The van der Waals surface area contributed by atoms with Crippen LogP contribution < -0.4 is 25.0 Å². The molecule has 0 aliphatic carbocycles. The maximum absolute atomic E-state index is 12.7. The van der Waals surface area contributed by atoms with Crippen LogP contribution in [0.3, 0.4) is 0 Å². The smallest absolute Gasteiger partial charge is 0.280 e. The van der Waals surface area contributed by atoms with Crippen LogP contribution in [0.2, 0.25) is 5.02 Å². The van der Waals surface area contributed by atoms with Gasteiger partial charge < -0.3 is 19.5 Å². The van der Waals surface area contributed by atoms with Crippen LogP contribution in [0.5, 0.6) is 17.4 Å². The van der Waals surface area contributed by atoms with E-state index in [1.54, 1.807) is 43.5 Å². The highest BCUT2D eigenvalue weighted by Crippen LogP contribution is 2.27. The van der Waals surface area contributed by atoms with Gasteiger partial charge in [-0.3, -0.25) is 9.59 Å². The number of carbonyl (C=O) groups is 1. The summed E-state index contributed by atoms with van der Waals surface area (Å²) < 4.78 is 16.8. The highest BCUT2D eigenvalue weighted by Gasteiger charge is 2.18. The molecule has 0 saturated carbocycles. The number of methoxy groups -OCH3 is 3. The molecule has 1 aromatic heterocycles. The van der Waals surface area contributed by atoms with Crippen molar-refractivity contribution in [2.45, 2.75) is 0 Å². The van der Waals surface area contributed by atoms with Gasteiger partial charge in [0.2, 0.25) is 11.3 Å². The molecule has 3 rings (SSSR count). The van der Waals surface area contributed by atoms with Gasteiger partial charge in [-0.05, 0) is 42.5 Å². The molecule has 0 saturated heterocycles. The predicted octanol–water partition coefficient (Wildman–Crippen LogP) is 3.16. The van der Waals surface area contributed by atoms with Crippen LogP contribution in [-0.2, 0) is 0 Å². The highest BCUT2D eigenvalue weighted by atomic mass is 35.5. The van der Waals surface area contributed by atoms with E-state index in [9.17, 15) is 9.59 Å². The van der Waals surface area contributed by atoms with E-state index in [0.717, 1.165) is 0 Å². The number of nitrogens with one attached hydrogen (secondary N) is 1. The second kappa shape index (κ2) is 8.66. The average molecular weight is 416 g/mol. The third-order valence-corrected chi connectivity index (χ3v) is 4.34. The molecule has 2 aromatic carbocycles. The number of amides is 1. The number of hydrogen-bond donors (Lipinski definition) is 1. The fourth-order valence-corrected chi connectivity index (χ4v) is 2.84.